The summed E-state index contributed by atoms with van der Waals surface area (Å²) in [6.07, 6.45) is 2.02. The molecule has 3 rings (SSSR count). The standard InChI is InChI=1S/C14H15N3O/c1-17-6-11(10-4-2-3-5-12(10)17)13(16)14(7-15)8-18-9-14/h2-6,13H,8-9,16H2,1H3. The molecule has 1 aliphatic heterocycles. The fraction of sp³-hybridized carbons (Fsp3) is 0.357. The molecular weight excluding hydrogens is 226 g/mol. The van der Waals surface area contributed by atoms with E-state index in [1.807, 2.05) is 25.4 Å². The summed E-state index contributed by atoms with van der Waals surface area (Å²) in [5.41, 5.74) is 7.91. The van der Waals surface area contributed by atoms with E-state index in [2.05, 4.69) is 22.8 Å². The third-order valence-corrected chi connectivity index (χ3v) is 3.80. The number of hydrogen-bond acceptors (Lipinski definition) is 3. The molecule has 2 aromatic rings. The third kappa shape index (κ3) is 1.38. The highest BCUT2D eigenvalue weighted by Gasteiger charge is 2.46. The molecule has 1 aromatic heterocycles. The molecule has 0 bridgehead atoms. The van der Waals surface area contributed by atoms with E-state index in [4.69, 9.17) is 10.5 Å². The summed E-state index contributed by atoms with van der Waals surface area (Å²) in [6, 6.07) is 10.1. The summed E-state index contributed by atoms with van der Waals surface area (Å²) in [4.78, 5) is 0. The molecule has 4 heteroatoms. The van der Waals surface area contributed by atoms with Gasteiger partial charge in [-0.3, -0.25) is 0 Å². The fourth-order valence-electron chi connectivity index (χ4n) is 2.55. The number of fused-ring (bicyclic) bond motifs is 1. The van der Waals surface area contributed by atoms with Gasteiger partial charge in [0.05, 0.1) is 25.3 Å². The molecular formula is C14H15N3O. The Morgan fingerprint density at radius 1 is 1.44 bits per heavy atom. The van der Waals surface area contributed by atoms with Crippen molar-refractivity contribution in [2.75, 3.05) is 13.2 Å². The first-order valence-corrected chi connectivity index (χ1v) is 5.96. The Balaban J connectivity index is 2.13. The number of rotatable bonds is 2. The Kier molecular flexibility index (Phi) is 2.40. The van der Waals surface area contributed by atoms with E-state index in [0.29, 0.717) is 13.2 Å². The normalized spacial score (nSPS) is 19.2. The number of aryl methyl sites for hydroxylation is 1. The molecule has 4 nitrogen and oxygen atoms in total. The van der Waals surface area contributed by atoms with Crippen LogP contribution in [0.15, 0.2) is 30.5 Å². The first-order valence-electron chi connectivity index (χ1n) is 5.96. The van der Waals surface area contributed by atoms with Gasteiger partial charge in [-0.05, 0) is 11.6 Å². The van der Waals surface area contributed by atoms with Crippen molar-refractivity contribution in [1.82, 2.24) is 4.57 Å². The van der Waals surface area contributed by atoms with Gasteiger partial charge in [-0.1, -0.05) is 18.2 Å². The molecule has 2 heterocycles. The lowest BCUT2D eigenvalue weighted by molar-refractivity contribution is -0.0908. The van der Waals surface area contributed by atoms with E-state index in [0.717, 1.165) is 16.5 Å². The highest BCUT2D eigenvalue weighted by atomic mass is 16.5. The number of ether oxygens (including phenoxy) is 1. The second-order valence-electron chi connectivity index (χ2n) is 4.95. The van der Waals surface area contributed by atoms with Crippen molar-refractivity contribution in [1.29, 1.82) is 5.26 Å². The maximum atomic E-state index is 9.33. The molecule has 0 radical (unpaired) electrons. The van der Waals surface area contributed by atoms with Crippen molar-refractivity contribution in [3.63, 3.8) is 0 Å². The summed E-state index contributed by atoms with van der Waals surface area (Å²) in [7, 11) is 1.99. The van der Waals surface area contributed by atoms with Crippen LogP contribution < -0.4 is 5.73 Å². The predicted octanol–water partition coefficient (Wildman–Crippen LogP) is 1.72. The topological polar surface area (TPSA) is 64.0 Å². The number of benzene rings is 1. The fourth-order valence-corrected chi connectivity index (χ4v) is 2.55. The van der Waals surface area contributed by atoms with Gasteiger partial charge in [-0.25, -0.2) is 0 Å². The van der Waals surface area contributed by atoms with E-state index in [1.165, 1.54) is 0 Å². The molecule has 92 valence electrons. The lowest BCUT2D eigenvalue weighted by atomic mass is 9.77. The minimum atomic E-state index is -0.565. The summed E-state index contributed by atoms with van der Waals surface area (Å²) < 4.78 is 7.23. The van der Waals surface area contributed by atoms with Crippen molar-refractivity contribution in [2.24, 2.45) is 18.2 Å². The molecule has 1 saturated heterocycles. The van der Waals surface area contributed by atoms with Crippen LogP contribution in [-0.2, 0) is 11.8 Å². The molecule has 1 fully saturated rings. The van der Waals surface area contributed by atoms with Gasteiger partial charge < -0.3 is 15.0 Å². The Bertz CT molecular complexity index is 634. The van der Waals surface area contributed by atoms with Gasteiger partial charge in [0.1, 0.15) is 5.41 Å². The highest BCUT2D eigenvalue weighted by Crippen LogP contribution is 2.40. The highest BCUT2D eigenvalue weighted by molar-refractivity contribution is 5.84. The first-order chi connectivity index (χ1) is 8.68. The maximum Gasteiger partial charge on any atom is 0.123 e. The molecule has 18 heavy (non-hydrogen) atoms. The molecule has 0 spiro atoms. The van der Waals surface area contributed by atoms with Crippen LogP contribution in [0.2, 0.25) is 0 Å². The van der Waals surface area contributed by atoms with Crippen LogP contribution in [0.4, 0.5) is 0 Å². The van der Waals surface area contributed by atoms with Gasteiger partial charge in [-0.15, -0.1) is 0 Å². The van der Waals surface area contributed by atoms with Crippen molar-refractivity contribution >= 4 is 10.9 Å². The second kappa shape index (κ2) is 3.84. The SMILES string of the molecule is Cn1cc(C(N)C2(C#N)COC2)c2ccccc21. The van der Waals surface area contributed by atoms with Crippen molar-refractivity contribution < 1.29 is 4.74 Å². The Morgan fingerprint density at radius 3 is 2.78 bits per heavy atom. The summed E-state index contributed by atoms with van der Waals surface area (Å²) in [6.45, 7) is 0.849. The summed E-state index contributed by atoms with van der Waals surface area (Å²) >= 11 is 0. The summed E-state index contributed by atoms with van der Waals surface area (Å²) in [5, 5.41) is 10.4. The molecule has 1 aromatic carbocycles. The first kappa shape index (κ1) is 11.3. The lowest BCUT2D eigenvalue weighted by Gasteiger charge is -2.39. The zero-order chi connectivity index (χ0) is 12.8. The van der Waals surface area contributed by atoms with E-state index in [1.54, 1.807) is 0 Å². The largest absolute Gasteiger partial charge is 0.378 e. The molecule has 1 unspecified atom stereocenters. The zero-order valence-electron chi connectivity index (χ0n) is 10.3. The Labute approximate surface area is 106 Å². The quantitative estimate of drug-likeness (QED) is 0.870. The van der Waals surface area contributed by atoms with Gasteiger partial charge in [0.2, 0.25) is 0 Å². The van der Waals surface area contributed by atoms with Crippen LogP contribution in [0.3, 0.4) is 0 Å². The zero-order valence-corrected chi connectivity index (χ0v) is 10.3. The molecule has 1 atom stereocenters. The monoisotopic (exact) mass is 241 g/mol. The number of aromatic nitrogens is 1. The van der Waals surface area contributed by atoms with Crippen LogP contribution in [0.1, 0.15) is 11.6 Å². The van der Waals surface area contributed by atoms with E-state index in [9.17, 15) is 5.26 Å². The summed E-state index contributed by atoms with van der Waals surface area (Å²) in [5.74, 6) is 0. The van der Waals surface area contributed by atoms with Crippen LogP contribution in [0.5, 0.6) is 0 Å². The average molecular weight is 241 g/mol. The number of hydrogen-bond donors (Lipinski definition) is 1. The van der Waals surface area contributed by atoms with Crippen molar-refractivity contribution in [2.45, 2.75) is 6.04 Å². The predicted molar refractivity (Wildman–Crippen MR) is 68.7 cm³/mol. The Hall–Kier alpha value is -1.83. The molecule has 0 saturated carbocycles. The van der Waals surface area contributed by atoms with Crippen LogP contribution in [-0.4, -0.2) is 17.8 Å². The minimum absolute atomic E-state index is 0.303. The lowest BCUT2D eigenvalue weighted by Crippen LogP contribution is -2.49. The molecule has 2 N–H and O–H groups in total. The van der Waals surface area contributed by atoms with Crippen LogP contribution in [0, 0.1) is 16.7 Å². The number of nitriles is 1. The number of nitrogens with two attached hydrogens (primary N) is 1. The van der Waals surface area contributed by atoms with Gasteiger partial charge in [0, 0.05) is 24.1 Å². The molecule has 0 amide bonds. The Morgan fingerprint density at radius 2 is 2.17 bits per heavy atom. The van der Waals surface area contributed by atoms with Crippen LogP contribution >= 0.6 is 0 Å². The van der Waals surface area contributed by atoms with E-state index in [-0.39, 0.29) is 6.04 Å². The maximum absolute atomic E-state index is 9.33. The van der Waals surface area contributed by atoms with E-state index >= 15 is 0 Å². The number of nitrogens with zero attached hydrogens (tertiary/aromatic N) is 2. The van der Waals surface area contributed by atoms with Gasteiger partial charge in [0.15, 0.2) is 0 Å². The van der Waals surface area contributed by atoms with Crippen molar-refractivity contribution in [3.05, 3.63) is 36.0 Å². The van der Waals surface area contributed by atoms with Gasteiger partial charge >= 0.3 is 0 Å². The smallest absolute Gasteiger partial charge is 0.123 e. The number of para-hydroxylation sites is 1. The minimum Gasteiger partial charge on any atom is -0.378 e. The van der Waals surface area contributed by atoms with Crippen LogP contribution in [0.25, 0.3) is 10.9 Å². The van der Waals surface area contributed by atoms with E-state index < -0.39 is 5.41 Å². The third-order valence-electron chi connectivity index (χ3n) is 3.80. The van der Waals surface area contributed by atoms with Crippen molar-refractivity contribution in [3.8, 4) is 6.07 Å². The van der Waals surface area contributed by atoms with Gasteiger partial charge in [0.25, 0.3) is 0 Å². The second-order valence-corrected chi connectivity index (χ2v) is 4.95. The molecule has 1 aliphatic rings. The van der Waals surface area contributed by atoms with Gasteiger partial charge in [-0.2, -0.15) is 5.26 Å². The molecule has 0 aliphatic carbocycles. The average Bonchev–Trinajstić information content (AvgIpc) is 2.67.